The number of nitrogens with zero attached hydrogens (tertiary/aromatic N) is 1. The normalized spacial score (nSPS) is 12.7. The lowest BCUT2D eigenvalue weighted by molar-refractivity contribution is -0.138. The Labute approximate surface area is 104 Å². The number of rotatable bonds is 10. The van der Waals surface area contributed by atoms with Crippen molar-refractivity contribution in [2.24, 2.45) is 0 Å². The summed E-state index contributed by atoms with van der Waals surface area (Å²) < 4.78 is 0. The summed E-state index contributed by atoms with van der Waals surface area (Å²) >= 11 is 0. The van der Waals surface area contributed by atoms with Crippen molar-refractivity contribution in [3.05, 3.63) is 0 Å². The first-order valence-corrected chi connectivity index (χ1v) is 6.45. The molecule has 0 saturated heterocycles. The molecule has 0 radical (unpaired) electrons. The predicted octanol–water partition coefficient (Wildman–Crippen LogP) is 2.32. The Morgan fingerprint density at radius 3 is 2.29 bits per heavy atom. The van der Waals surface area contributed by atoms with Gasteiger partial charge in [0.15, 0.2) is 0 Å². The van der Waals surface area contributed by atoms with E-state index in [1.807, 2.05) is 11.8 Å². The minimum Gasteiger partial charge on any atom is -0.481 e. The highest BCUT2D eigenvalue weighted by atomic mass is 16.4. The monoisotopic (exact) mass is 243 g/mol. The number of carboxylic acids is 1. The van der Waals surface area contributed by atoms with Crippen molar-refractivity contribution in [1.82, 2.24) is 4.90 Å². The van der Waals surface area contributed by atoms with E-state index in [1.54, 1.807) is 6.92 Å². The molecule has 0 aliphatic rings. The maximum atomic E-state index is 11.3. The zero-order chi connectivity index (χ0) is 13.3. The van der Waals surface area contributed by atoms with Crippen LogP contribution in [0.3, 0.4) is 0 Å². The quantitative estimate of drug-likeness (QED) is 0.598. The number of unbranched alkanes of at least 4 members (excludes halogenated alkanes) is 3. The average molecular weight is 243 g/mol. The lowest BCUT2D eigenvalue weighted by Crippen LogP contribution is -2.39. The summed E-state index contributed by atoms with van der Waals surface area (Å²) in [7, 11) is 0. The SMILES string of the molecule is CCCCCCN(CCC(=O)O)C(C)C(C)=O. The molecular formula is C13H25NO3. The fourth-order valence-corrected chi connectivity index (χ4v) is 1.74. The molecule has 1 unspecified atom stereocenters. The summed E-state index contributed by atoms with van der Waals surface area (Å²) in [4.78, 5) is 23.9. The Balaban J connectivity index is 4.10. The van der Waals surface area contributed by atoms with Crippen molar-refractivity contribution in [3.63, 3.8) is 0 Å². The molecule has 1 N–H and O–H groups in total. The van der Waals surface area contributed by atoms with E-state index in [4.69, 9.17) is 5.11 Å². The van der Waals surface area contributed by atoms with Gasteiger partial charge in [-0.25, -0.2) is 0 Å². The zero-order valence-corrected chi connectivity index (χ0v) is 11.2. The molecule has 17 heavy (non-hydrogen) atoms. The van der Waals surface area contributed by atoms with Crippen LogP contribution in [0.4, 0.5) is 0 Å². The molecule has 0 aromatic heterocycles. The molecular weight excluding hydrogens is 218 g/mol. The Hall–Kier alpha value is -0.900. The summed E-state index contributed by atoms with van der Waals surface area (Å²) in [5.41, 5.74) is 0. The van der Waals surface area contributed by atoms with Crippen molar-refractivity contribution in [2.45, 2.75) is 58.9 Å². The van der Waals surface area contributed by atoms with Gasteiger partial charge in [-0.2, -0.15) is 0 Å². The summed E-state index contributed by atoms with van der Waals surface area (Å²) in [6.07, 6.45) is 4.65. The molecule has 0 aliphatic heterocycles. The summed E-state index contributed by atoms with van der Waals surface area (Å²) in [5, 5.41) is 8.68. The fraction of sp³-hybridized carbons (Fsp3) is 0.846. The van der Waals surface area contributed by atoms with Gasteiger partial charge in [0.1, 0.15) is 5.78 Å². The second-order valence-electron chi connectivity index (χ2n) is 4.53. The summed E-state index contributed by atoms with van der Waals surface area (Å²) in [5.74, 6) is -0.704. The number of ketones is 1. The van der Waals surface area contributed by atoms with E-state index in [0.717, 1.165) is 19.4 Å². The lowest BCUT2D eigenvalue weighted by atomic mass is 10.1. The molecule has 0 heterocycles. The van der Waals surface area contributed by atoms with E-state index in [2.05, 4.69) is 6.92 Å². The molecule has 4 heteroatoms. The van der Waals surface area contributed by atoms with Crippen LogP contribution in [-0.2, 0) is 9.59 Å². The Morgan fingerprint density at radius 2 is 1.82 bits per heavy atom. The first kappa shape index (κ1) is 16.1. The number of carbonyl (C=O) groups is 2. The molecule has 0 bridgehead atoms. The molecule has 0 aliphatic carbocycles. The second kappa shape index (κ2) is 9.16. The molecule has 4 nitrogen and oxygen atoms in total. The maximum Gasteiger partial charge on any atom is 0.304 e. The largest absolute Gasteiger partial charge is 0.481 e. The topological polar surface area (TPSA) is 57.6 Å². The van der Waals surface area contributed by atoms with Crippen molar-refractivity contribution in [3.8, 4) is 0 Å². The van der Waals surface area contributed by atoms with E-state index in [-0.39, 0.29) is 18.2 Å². The number of carbonyl (C=O) groups excluding carboxylic acids is 1. The van der Waals surface area contributed by atoms with Gasteiger partial charge in [0.05, 0.1) is 12.5 Å². The molecule has 0 rings (SSSR count). The Kier molecular flexibility index (Phi) is 8.68. The smallest absolute Gasteiger partial charge is 0.304 e. The van der Waals surface area contributed by atoms with E-state index in [1.165, 1.54) is 12.8 Å². The summed E-state index contributed by atoms with van der Waals surface area (Å²) in [6, 6.07) is -0.170. The standard InChI is InChI=1S/C13H25NO3/c1-4-5-6-7-9-14(10-8-13(16)17)11(2)12(3)15/h11H,4-10H2,1-3H3,(H,16,17). The van der Waals surface area contributed by atoms with Gasteiger partial charge < -0.3 is 5.11 Å². The third-order valence-corrected chi connectivity index (χ3v) is 3.05. The molecule has 0 saturated carbocycles. The van der Waals surface area contributed by atoms with Gasteiger partial charge in [0, 0.05) is 6.54 Å². The van der Waals surface area contributed by atoms with Gasteiger partial charge in [0.25, 0.3) is 0 Å². The van der Waals surface area contributed by atoms with Gasteiger partial charge in [-0.3, -0.25) is 14.5 Å². The number of hydrogen-bond acceptors (Lipinski definition) is 3. The van der Waals surface area contributed by atoms with Gasteiger partial charge >= 0.3 is 5.97 Å². The van der Waals surface area contributed by atoms with Gasteiger partial charge in [-0.1, -0.05) is 26.2 Å². The minimum absolute atomic E-state index is 0.103. The molecule has 100 valence electrons. The van der Waals surface area contributed by atoms with Gasteiger partial charge in [-0.05, 0) is 26.8 Å². The predicted molar refractivity (Wildman–Crippen MR) is 68.1 cm³/mol. The number of aliphatic carboxylic acids is 1. The van der Waals surface area contributed by atoms with Crippen LogP contribution in [-0.4, -0.2) is 40.9 Å². The van der Waals surface area contributed by atoms with Gasteiger partial charge in [0.2, 0.25) is 0 Å². The van der Waals surface area contributed by atoms with E-state index in [9.17, 15) is 9.59 Å². The van der Waals surface area contributed by atoms with E-state index < -0.39 is 5.97 Å². The van der Waals surface area contributed by atoms with Crippen molar-refractivity contribution in [1.29, 1.82) is 0 Å². The number of carboxylic acid groups (broad SMARTS) is 1. The van der Waals surface area contributed by atoms with E-state index >= 15 is 0 Å². The fourth-order valence-electron chi connectivity index (χ4n) is 1.74. The van der Waals surface area contributed by atoms with Crippen LogP contribution < -0.4 is 0 Å². The second-order valence-corrected chi connectivity index (χ2v) is 4.53. The van der Waals surface area contributed by atoms with Crippen LogP contribution in [0, 0.1) is 0 Å². The van der Waals surface area contributed by atoms with Crippen LogP contribution in [0.2, 0.25) is 0 Å². The average Bonchev–Trinajstić information content (AvgIpc) is 2.26. The molecule has 0 fully saturated rings. The van der Waals surface area contributed by atoms with Crippen molar-refractivity contribution < 1.29 is 14.7 Å². The van der Waals surface area contributed by atoms with Crippen molar-refractivity contribution >= 4 is 11.8 Å². The lowest BCUT2D eigenvalue weighted by Gasteiger charge is -2.26. The highest BCUT2D eigenvalue weighted by molar-refractivity contribution is 5.81. The van der Waals surface area contributed by atoms with Crippen molar-refractivity contribution in [2.75, 3.05) is 13.1 Å². The Morgan fingerprint density at radius 1 is 1.18 bits per heavy atom. The first-order valence-electron chi connectivity index (χ1n) is 6.45. The van der Waals surface area contributed by atoms with Crippen LogP contribution in [0.1, 0.15) is 52.9 Å². The third-order valence-electron chi connectivity index (χ3n) is 3.05. The van der Waals surface area contributed by atoms with E-state index in [0.29, 0.717) is 6.54 Å². The molecule has 1 atom stereocenters. The van der Waals surface area contributed by atoms with Crippen LogP contribution in [0.5, 0.6) is 0 Å². The highest BCUT2D eigenvalue weighted by Gasteiger charge is 2.17. The van der Waals surface area contributed by atoms with Gasteiger partial charge in [-0.15, -0.1) is 0 Å². The molecule has 0 spiro atoms. The third kappa shape index (κ3) is 7.91. The van der Waals surface area contributed by atoms with Crippen LogP contribution in [0.15, 0.2) is 0 Å². The van der Waals surface area contributed by atoms with Crippen LogP contribution >= 0.6 is 0 Å². The number of hydrogen-bond donors (Lipinski definition) is 1. The molecule has 0 aromatic rings. The highest BCUT2D eigenvalue weighted by Crippen LogP contribution is 2.07. The molecule has 0 aromatic carbocycles. The first-order chi connectivity index (χ1) is 7.99. The van der Waals surface area contributed by atoms with Crippen LogP contribution in [0.25, 0.3) is 0 Å². The summed E-state index contributed by atoms with van der Waals surface area (Å²) in [6.45, 7) is 6.84. The zero-order valence-electron chi connectivity index (χ0n) is 11.2. The number of Topliss-reactive ketones (excluding diaryl/α,β-unsaturated/α-hetero) is 1. The Bertz CT molecular complexity index is 241. The maximum absolute atomic E-state index is 11.3. The minimum atomic E-state index is -0.806. The molecule has 0 amide bonds.